The zero-order valence-electron chi connectivity index (χ0n) is 10.9. The van der Waals surface area contributed by atoms with Crippen molar-refractivity contribution in [3.8, 4) is 0 Å². The third kappa shape index (κ3) is 3.32. The molecule has 1 aliphatic rings. The average Bonchev–Trinajstić information content (AvgIpc) is 2.82. The van der Waals surface area contributed by atoms with Gasteiger partial charge in [0, 0.05) is 18.7 Å². The minimum Gasteiger partial charge on any atom is -0.449 e. The molecule has 2 heterocycles. The fraction of sp³-hybridized carbons (Fsp3) is 0.750. The van der Waals surface area contributed by atoms with Crippen molar-refractivity contribution in [3.63, 3.8) is 0 Å². The molecular weight excluding hydrogens is 252 g/mol. The summed E-state index contributed by atoms with van der Waals surface area (Å²) in [5.41, 5.74) is 0. The second-order valence-electron chi connectivity index (χ2n) is 5.09. The van der Waals surface area contributed by atoms with Crippen molar-refractivity contribution in [1.29, 1.82) is 0 Å². The van der Waals surface area contributed by atoms with Crippen LogP contribution in [0.1, 0.15) is 31.6 Å². The van der Waals surface area contributed by atoms with E-state index >= 15 is 0 Å². The molecule has 0 bridgehead atoms. The molecule has 0 spiro atoms. The summed E-state index contributed by atoms with van der Waals surface area (Å²) in [6.07, 6.45) is 6.55. The molecule has 0 N–H and O–H groups in total. The number of likely N-dealkylation sites (tertiary alicyclic amines) is 1. The van der Waals surface area contributed by atoms with Gasteiger partial charge in [-0.3, -0.25) is 0 Å². The Balaban J connectivity index is 1.84. The van der Waals surface area contributed by atoms with Gasteiger partial charge in [-0.25, -0.2) is 13.4 Å². The lowest BCUT2D eigenvalue weighted by Gasteiger charge is -2.31. The maximum atomic E-state index is 11.4. The van der Waals surface area contributed by atoms with E-state index in [1.807, 2.05) is 0 Å². The molecule has 0 aliphatic carbocycles. The van der Waals surface area contributed by atoms with Crippen molar-refractivity contribution in [3.05, 3.63) is 18.4 Å². The zero-order valence-corrected chi connectivity index (χ0v) is 11.7. The normalized spacial score (nSPS) is 21.0. The fourth-order valence-corrected chi connectivity index (χ4v) is 2.78. The lowest BCUT2D eigenvalue weighted by Crippen LogP contribution is -2.39. The number of aromatic nitrogens is 1. The number of hydrogen-bond donors (Lipinski definition) is 0. The Labute approximate surface area is 108 Å². The molecule has 0 aromatic carbocycles. The molecule has 5 nitrogen and oxygen atoms in total. The lowest BCUT2D eigenvalue weighted by molar-refractivity contribution is 0.201. The van der Waals surface area contributed by atoms with Gasteiger partial charge in [0.2, 0.25) is 0 Å². The Morgan fingerprint density at radius 3 is 2.67 bits per heavy atom. The highest BCUT2D eigenvalue weighted by atomic mass is 32.2. The number of rotatable bonds is 4. The van der Waals surface area contributed by atoms with Crippen LogP contribution in [0.15, 0.2) is 16.9 Å². The van der Waals surface area contributed by atoms with Crippen molar-refractivity contribution in [2.24, 2.45) is 0 Å². The fourth-order valence-electron chi connectivity index (χ4n) is 2.30. The SMILES string of the molecule is CC(CN1CCC(c2ncco2)CC1)S(C)(=O)=O. The van der Waals surface area contributed by atoms with E-state index < -0.39 is 9.84 Å². The molecule has 0 amide bonds. The van der Waals surface area contributed by atoms with Crippen LogP contribution in [-0.4, -0.2) is 49.4 Å². The van der Waals surface area contributed by atoms with Gasteiger partial charge in [-0.2, -0.15) is 0 Å². The van der Waals surface area contributed by atoms with Crippen LogP contribution in [0.2, 0.25) is 0 Å². The van der Waals surface area contributed by atoms with E-state index in [1.165, 1.54) is 6.26 Å². The van der Waals surface area contributed by atoms with Crippen LogP contribution in [0, 0.1) is 0 Å². The van der Waals surface area contributed by atoms with Gasteiger partial charge in [0.25, 0.3) is 0 Å². The van der Waals surface area contributed by atoms with Gasteiger partial charge in [0.05, 0.1) is 11.4 Å². The third-order valence-electron chi connectivity index (χ3n) is 3.63. The first-order valence-electron chi connectivity index (χ1n) is 6.27. The van der Waals surface area contributed by atoms with E-state index in [-0.39, 0.29) is 5.25 Å². The van der Waals surface area contributed by atoms with Crippen LogP contribution in [-0.2, 0) is 9.84 Å². The highest BCUT2D eigenvalue weighted by Crippen LogP contribution is 2.26. The number of hydrogen-bond acceptors (Lipinski definition) is 5. The molecule has 1 aromatic rings. The topological polar surface area (TPSA) is 63.4 Å². The predicted octanol–water partition coefficient (Wildman–Crippen LogP) is 1.29. The van der Waals surface area contributed by atoms with Crippen LogP contribution in [0.25, 0.3) is 0 Å². The molecule has 1 saturated heterocycles. The van der Waals surface area contributed by atoms with Gasteiger partial charge < -0.3 is 9.32 Å². The summed E-state index contributed by atoms with van der Waals surface area (Å²) < 4.78 is 28.1. The van der Waals surface area contributed by atoms with Crippen molar-refractivity contribution in [1.82, 2.24) is 9.88 Å². The summed E-state index contributed by atoms with van der Waals surface area (Å²) in [6.45, 7) is 4.21. The molecule has 1 fully saturated rings. The molecule has 1 aromatic heterocycles. The lowest BCUT2D eigenvalue weighted by atomic mass is 9.97. The Bertz CT molecular complexity index is 462. The molecule has 18 heavy (non-hydrogen) atoms. The number of piperidine rings is 1. The molecule has 1 unspecified atom stereocenters. The first-order chi connectivity index (χ1) is 8.47. The molecule has 102 valence electrons. The number of oxazole rings is 1. The monoisotopic (exact) mass is 272 g/mol. The van der Waals surface area contributed by atoms with E-state index in [9.17, 15) is 8.42 Å². The largest absolute Gasteiger partial charge is 0.449 e. The molecule has 6 heteroatoms. The van der Waals surface area contributed by atoms with Crippen molar-refractivity contribution in [2.75, 3.05) is 25.9 Å². The third-order valence-corrected chi connectivity index (χ3v) is 5.25. The Hall–Kier alpha value is -0.880. The molecule has 0 saturated carbocycles. The van der Waals surface area contributed by atoms with E-state index in [4.69, 9.17) is 4.42 Å². The Morgan fingerprint density at radius 2 is 2.17 bits per heavy atom. The molecule has 1 aliphatic heterocycles. The van der Waals surface area contributed by atoms with Gasteiger partial charge in [-0.1, -0.05) is 0 Å². The summed E-state index contributed by atoms with van der Waals surface area (Å²) in [5, 5.41) is -0.296. The second kappa shape index (κ2) is 5.40. The number of nitrogens with zero attached hydrogens (tertiary/aromatic N) is 2. The summed E-state index contributed by atoms with van der Waals surface area (Å²) in [7, 11) is -2.93. The first kappa shape index (κ1) is 13.5. The van der Waals surface area contributed by atoms with Gasteiger partial charge in [0.1, 0.15) is 6.26 Å². The maximum absolute atomic E-state index is 11.4. The van der Waals surface area contributed by atoms with Crippen molar-refractivity contribution < 1.29 is 12.8 Å². The van der Waals surface area contributed by atoms with Gasteiger partial charge in [0.15, 0.2) is 15.7 Å². The summed E-state index contributed by atoms with van der Waals surface area (Å²) in [6, 6.07) is 0. The minimum absolute atomic E-state index is 0.296. The van der Waals surface area contributed by atoms with Gasteiger partial charge >= 0.3 is 0 Å². The maximum Gasteiger partial charge on any atom is 0.197 e. The molecular formula is C12H20N2O3S. The van der Waals surface area contributed by atoms with Crippen LogP contribution >= 0.6 is 0 Å². The first-order valence-corrected chi connectivity index (χ1v) is 8.23. The van der Waals surface area contributed by atoms with E-state index in [0.29, 0.717) is 12.5 Å². The van der Waals surface area contributed by atoms with Crippen LogP contribution in [0.4, 0.5) is 0 Å². The van der Waals surface area contributed by atoms with E-state index in [2.05, 4.69) is 9.88 Å². The van der Waals surface area contributed by atoms with Crippen LogP contribution in [0.3, 0.4) is 0 Å². The highest BCUT2D eigenvalue weighted by molar-refractivity contribution is 7.91. The molecule has 1 atom stereocenters. The average molecular weight is 272 g/mol. The van der Waals surface area contributed by atoms with E-state index in [0.717, 1.165) is 31.8 Å². The van der Waals surface area contributed by atoms with Crippen molar-refractivity contribution in [2.45, 2.75) is 30.9 Å². The number of sulfone groups is 1. The van der Waals surface area contributed by atoms with Gasteiger partial charge in [-0.05, 0) is 32.9 Å². The quantitative estimate of drug-likeness (QED) is 0.826. The smallest absolute Gasteiger partial charge is 0.197 e. The van der Waals surface area contributed by atoms with Crippen molar-refractivity contribution >= 4 is 9.84 Å². The predicted molar refractivity (Wildman–Crippen MR) is 69.2 cm³/mol. The van der Waals surface area contributed by atoms with Crippen LogP contribution in [0.5, 0.6) is 0 Å². The van der Waals surface area contributed by atoms with Crippen LogP contribution < -0.4 is 0 Å². The second-order valence-corrected chi connectivity index (χ2v) is 7.55. The molecule has 2 rings (SSSR count). The molecule has 0 radical (unpaired) electrons. The Morgan fingerprint density at radius 1 is 1.50 bits per heavy atom. The summed E-state index contributed by atoms with van der Waals surface area (Å²) >= 11 is 0. The van der Waals surface area contributed by atoms with E-state index in [1.54, 1.807) is 19.4 Å². The standard InChI is InChI=1S/C12H20N2O3S/c1-10(18(2,15)16)9-14-6-3-11(4-7-14)12-13-5-8-17-12/h5,8,10-11H,3-4,6-7,9H2,1-2H3. The highest BCUT2D eigenvalue weighted by Gasteiger charge is 2.26. The summed E-state index contributed by atoms with van der Waals surface area (Å²) in [5.74, 6) is 1.19. The summed E-state index contributed by atoms with van der Waals surface area (Å²) in [4.78, 5) is 6.40. The Kier molecular flexibility index (Phi) is 4.07. The van der Waals surface area contributed by atoms with Gasteiger partial charge in [-0.15, -0.1) is 0 Å². The zero-order chi connectivity index (χ0) is 13.2. The minimum atomic E-state index is -2.93.